The van der Waals surface area contributed by atoms with Gasteiger partial charge in [-0.05, 0) is 37.8 Å². The molecule has 1 aliphatic carbocycles. The van der Waals surface area contributed by atoms with E-state index in [1.54, 1.807) is 11.6 Å². The van der Waals surface area contributed by atoms with Crippen LogP contribution in [0.3, 0.4) is 0 Å². The molecule has 4 rings (SSSR count). The monoisotopic (exact) mass is 326 g/mol. The number of carbonyl (C=O) groups is 1. The van der Waals surface area contributed by atoms with Crippen LogP contribution in [-0.2, 0) is 11.8 Å². The van der Waals surface area contributed by atoms with Gasteiger partial charge in [0.25, 0.3) is 0 Å². The number of aryl methyl sites for hydroxylation is 1. The molecule has 126 valence electrons. The van der Waals surface area contributed by atoms with Gasteiger partial charge in [0.05, 0.1) is 5.69 Å². The molecule has 0 radical (unpaired) electrons. The van der Waals surface area contributed by atoms with Crippen molar-refractivity contribution in [2.75, 3.05) is 13.1 Å². The number of likely N-dealkylation sites (tertiary alicyclic amines) is 1. The Morgan fingerprint density at radius 2 is 1.92 bits per heavy atom. The number of aromatic nitrogens is 3. The van der Waals surface area contributed by atoms with Crippen LogP contribution in [0, 0.1) is 5.92 Å². The Morgan fingerprint density at radius 1 is 1.17 bits per heavy atom. The van der Waals surface area contributed by atoms with Gasteiger partial charge in [-0.1, -0.05) is 18.2 Å². The van der Waals surface area contributed by atoms with E-state index in [9.17, 15) is 9.59 Å². The van der Waals surface area contributed by atoms with E-state index < -0.39 is 0 Å². The van der Waals surface area contributed by atoms with Crippen molar-refractivity contribution in [1.82, 2.24) is 19.2 Å². The molecule has 2 aromatic rings. The number of carbonyl (C=O) groups excluding carboxylic acids is 1. The lowest BCUT2D eigenvalue weighted by Gasteiger charge is -2.32. The van der Waals surface area contributed by atoms with Gasteiger partial charge in [0, 0.05) is 32.0 Å². The smallest absolute Gasteiger partial charge is 0.342 e. The van der Waals surface area contributed by atoms with Crippen LogP contribution in [0.25, 0.3) is 5.69 Å². The van der Waals surface area contributed by atoms with Crippen LogP contribution in [0.15, 0.2) is 35.1 Å². The Morgan fingerprint density at radius 3 is 2.62 bits per heavy atom. The van der Waals surface area contributed by atoms with Gasteiger partial charge >= 0.3 is 5.69 Å². The van der Waals surface area contributed by atoms with Crippen LogP contribution in [0.5, 0.6) is 0 Å². The molecule has 1 saturated carbocycles. The molecule has 24 heavy (non-hydrogen) atoms. The highest BCUT2D eigenvalue weighted by Crippen LogP contribution is 2.34. The van der Waals surface area contributed by atoms with Crippen molar-refractivity contribution in [3.05, 3.63) is 46.6 Å². The molecular weight excluding hydrogens is 304 g/mol. The molecule has 6 heteroatoms. The molecule has 0 bridgehead atoms. The van der Waals surface area contributed by atoms with Gasteiger partial charge in [0.2, 0.25) is 5.91 Å². The number of hydrogen-bond acceptors (Lipinski definition) is 3. The zero-order chi connectivity index (χ0) is 16.7. The van der Waals surface area contributed by atoms with Crippen molar-refractivity contribution in [1.29, 1.82) is 0 Å². The molecule has 2 heterocycles. The second kappa shape index (κ2) is 5.92. The highest BCUT2D eigenvalue weighted by molar-refractivity contribution is 5.81. The Labute approximate surface area is 140 Å². The van der Waals surface area contributed by atoms with E-state index >= 15 is 0 Å². The first-order chi connectivity index (χ1) is 11.6. The van der Waals surface area contributed by atoms with E-state index in [4.69, 9.17) is 0 Å². The van der Waals surface area contributed by atoms with Gasteiger partial charge in [0.1, 0.15) is 5.82 Å². The van der Waals surface area contributed by atoms with Gasteiger partial charge in [0.15, 0.2) is 0 Å². The summed E-state index contributed by atoms with van der Waals surface area (Å²) in [6, 6.07) is 9.61. The number of nitrogens with zero attached hydrogens (tertiary/aromatic N) is 4. The number of benzene rings is 1. The van der Waals surface area contributed by atoms with E-state index in [0.717, 1.165) is 43.7 Å². The quantitative estimate of drug-likeness (QED) is 0.862. The van der Waals surface area contributed by atoms with Crippen LogP contribution in [0.4, 0.5) is 0 Å². The lowest BCUT2D eigenvalue weighted by Crippen LogP contribution is -2.40. The minimum atomic E-state index is -0.137. The lowest BCUT2D eigenvalue weighted by atomic mass is 9.96. The highest BCUT2D eigenvalue weighted by Gasteiger charge is 2.36. The van der Waals surface area contributed by atoms with Crippen LogP contribution < -0.4 is 5.69 Å². The first-order valence-corrected chi connectivity index (χ1v) is 8.65. The molecule has 1 aromatic carbocycles. The van der Waals surface area contributed by atoms with Gasteiger partial charge < -0.3 is 4.90 Å². The molecule has 2 aliphatic rings. The summed E-state index contributed by atoms with van der Waals surface area (Å²) in [6.45, 7) is 1.49. The molecule has 2 fully saturated rings. The van der Waals surface area contributed by atoms with E-state index in [2.05, 4.69) is 5.10 Å². The van der Waals surface area contributed by atoms with Crippen LogP contribution in [-0.4, -0.2) is 38.2 Å². The first-order valence-electron chi connectivity index (χ1n) is 8.65. The second-order valence-electron chi connectivity index (χ2n) is 6.83. The van der Waals surface area contributed by atoms with E-state index in [1.807, 2.05) is 35.2 Å². The van der Waals surface area contributed by atoms with Crippen molar-refractivity contribution >= 4 is 5.91 Å². The number of para-hydroxylation sites is 1. The minimum absolute atomic E-state index is 0.107. The average Bonchev–Trinajstić information content (AvgIpc) is 3.42. The predicted octanol–water partition coefficient (Wildman–Crippen LogP) is 1.69. The summed E-state index contributed by atoms with van der Waals surface area (Å²) in [5.74, 6) is 1.39. The summed E-state index contributed by atoms with van der Waals surface area (Å²) >= 11 is 0. The molecule has 1 aromatic heterocycles. The maximum absolute atomic E-state index is 12.5. The summed E-state index contributed by atoms with van der Waals surface area (Å²) in [5, 5.41) is 4.49. The minimum Gasteiger partial charge on any atom is -0.342 e. The Kier molecular flexibility index (Phi) is 3.75. The maximum Gasteiger partial charge on any atom is 0.350 e. The first kappa shape index (κ1) is 15.2. The standard InChI is InChI=1S/C18H22N4O2/c1-20-18(24)22(15-7-3-2-4-8-15)16(19-20)14-6-5-11-21(12-14)17(23)13-9-10-13/h2-4,7-8,13-14H,5-6,9-12H2,1H3. The van der Waals surface area contributed by atoms with Crippen molar-refractivity contribution in [2.24, 2.45) is 13.0 Å². The van der Waals surface area contributed by atoms with Gasteiger partial charge in [-0.15, -0.1) is 0 Å². The van der Waals surface area contributed by atoms with Crippen molar-refractivity contribution in [3.8, 4) is 5.69 Å². The third-order valence-electron chi connectivity index (χ3n) is 4.99. The summed E-state index contributed by atoms with van der Waals surface area (Å²) in [6.07, 6.45) is 3.97. The zero-order valence-electron chi connectivity index (χ0n) is 13.9. The molecule has 1 saturated heterocycles. The fraction of sp³-hybridized carbons (Fsp3) is 0.500. The summed E-state index contributed by atoms with van der Waals surface area (Å²) in [4.78, 5) is 26.9. The van der Waals surface area contributed by atoms with E-state index in [1.165, 1.54) is 4.68 Å². The Balaban J connectivity index is 1.67. The second-order valence-corrected chi connectivity index (χ2v) is 6.83. The predicted molar refractivity (Wildman–Crippen MR) is 90.1 cm³/mol. The van der Waals surface area contributed by atoms with E-state index in [0.29, 0.717) is 6.54 Å². The number of piperidine rings is 1. The van der Waals surface area contributed by atoms with Crippen molar-refractivity contribution < 1.29 is 4.79 Å². The van der Waals surface area contributed by atoms with Crippen LogP contribution in [0.1, 0.15) is 37.4 Å². The molecular formula is C18H22N4O2. The molecule has 6 nitrogen and oxygen atoms in total. The Bertz CT molecular complexity index is 804. The summed E-state index contributed by atoms with van der Waals surface area (Å²) in [5.41, 5.74) is 0.693. The average molecular weight is 326 g/mol. The zero-order valence-corrected chi connectivity index (χ0v) is 13.9. The van der Waals surface area contributed by atoms with Crippen LogP contribution >= 0.6 is 0 Å². The van der Waals surface area contributed by atoms with Gasteiger partial charge in [-0.3, -0.25) is 4.79 Å². The summed E-state index contributed by atoms with van der Waals surface area (Å²) in [7, 11) is 1.68. The molecule has 1 unspecified atom stereocenters. The SMILES string of the molecule is Cn1nc(C2CCCN(C(=O)C3CC3)C2)n(-c2ccccc2)c1=O. The van der Waals surface area contributed by atoms with Crippen LogP contribution in [0.2, 0.25) is 0 Å². The fourth-order valence-corrected chi connectivity index (χ4v) is 3.54. The summed E-state index contributed by atoms with van der Waals surface area (Å²) < 4.78 is 3.08. The molecule has 1 atom stereocenters. The normalized spacial score (nSPS) is 21.0. The maximum atomic E-state index is 12.5. The fourth-order valence-electron chi connectivity index (χ4n) is 3.54. The van der Waals surface area contributed by atoms with Gasteiger partial charge in [-0.25, -0.2) is 14.0 Å². The molecule has 0 spiro atoms. The number of amides is 1. The molecule has 1 amide bonds. The Hall–Kier alpha value is -2.37. The topological polar surface area (TPSA) is 60.1 Å². The third-order valence-corrected chi connectivity index (χ3v) is 4.99. The number of rotatable bonds is 3. The molecule has 0 N–H and O–H groups in total. The lowest BCUT2D eigenvalue weighted by molar-refractivity contribution is -0.133. The third kappa shape index (κ3) is 2.66. The molecule has 1 aliphatic heterocycles. The largest absolute Gasteiger partial charge is 0.350 e. The van der Waals surface area contributed by atoms with E-state index in [-0.39, 0.29) is 23.4 Å². The highest BCUT2D eigenvalue weighted by atomic mass is 16.2. The number of hydrogen-bond donors (Lipinski definition) is 0. The van der Waals surface area contributed by atoms with Crippen molar-refractivity contribution in [3.63, 3.8) is 0 Å². The van der Waals surface area contributed by atoms with Crippen molar-refractivity contribution in [2.45, 2.75) is 31.6 Å². The van der Waals surface area contributed by atoms with Gasteiger partial charge in [-0.2, -0.15) is 5.10 Å².